The maximum absolute atomic E-state index is 13.3. The summed E-state index contributed by atoms with van der Waals surface area (Å²) in [4.78, 5) is 26.1. The highest BCUT2D eigenvalue weighted by molar-refractivity contribution is 6.07. The molecule has 0 saturated carbocycles. The van der Waals surface area contributed by atoms with E-state index < -0.39 is 23.3 Å². The molecule has 0 unspecified atom stereocenters. The fourth-order valence-electron chi connectivity index (χ4n) is 2.75. The van der Waals surface area contributed by atoms with Crippen LogP contribution in [-0.4, -0.2) is 16.8 Å². The number of halogens is 1. The number of rotatable bonds is 3. The van der Waals surface area contributed by atoms with Gasteiger partial charge in [0, 0.05) is 0 Å². The van der Waals surface area contributed by atoms with Crippen LogP contribution < -0.4 is 5.32 Å². The molecule has 0 bridgehead atoms. The standard InChI is InChI=1S/C18H14FN3O2/c1-18(14-6-2-4-12(8-14)10-20)16(23)22(17(24)21-18)11-13-5-3-7-15(19)9-13/h2-9H,11H2,1H3,(H,21,24)/t18-/m1/s1. The first-order valence-electron chi connectivity index (χ1n) is 7.33. The fourth-order valence-corrected chi connectivity index (χ4v) is 2.75. The third-order valence-electron chi connectivity index (χ3n) is 4.07. The number of carbonyl (C=O) groups is 2. The van der Waals surface area contributed by atoms with Gasteiger partial charge in [-0.25, -0.2) is 9.18 Å². The van der Waals surface area contributed by atoms with Gasteiger partial charge in [-0.1, -0.05) is 24.3 Å². The van der Waals surface area contributed by atoms with Gasteiger partial charge in [-0.05, 0) is 42.3 Å². The van der Waals surface area contributed by atoms with Crippen LogP contribution in [0.3, 0.4) is 0 Å². The van der Waals surface area contributed by atoms with E-state index in [2.05, 4.69) is 5.32 Å². The largest absolute Gasteiger partial charge is 0.325 e. The van der Waals surface area contributed by atoms with Gasteiger partial charge in [0.1, 0.15) is 11.4 Å². The van der Waals surface area contributed by atoms with Gasteiger partial charge in [0.25, 0.3) is 5.91 Å². The Morgan fingerprint density at radius 3 is 2.67 bits per heavy atom. The van der Waals surface area contributed by atoms with Crippen molar-refractivity contribution in [3.05, 3.63) is 71.0 Å². The molecule has 120 valence electrons. The molecule has 0 radical (unpaired) electrons. The molecule has 5 nitrogen and oxygen atoms in total. The lowest BCUT2D eigenvalue weighted by molar-refractivity contribution is -0.131. The number of benzene rings is 2. The highest BCUT2D eigenvalue weighted by Gasteiger charge is 2.48. The molecule has 2 aromatic rings. The van der Waals surface area contributed by atoms with Crippen LogP contribution in [0.4, 0.5) is 9.18 Å². The maximum Gasteiger partial charge on any atom is 0.325 e. The van der Waals surface area contributed by atoms with Crippen LogP contribution in [0, 0.1) is 17.1 Å². The molecule has 1 N–H and O–H groups in total. The Balaban J connectivity index is 1.92. The van der Waals surface area contributed by atoms with Crippen molar-refractivity contribution >= 4 is 11.9 Å². The van der Waals surface area contributed by atoms with E-state index in [4.69, 9.17) is 5.26 Å². The number of hydrogen-bond acceptors (Lipinski definition) is 3. The molecule has 1 saturated heterocycles. The summed E-state index contributed by atoms with van der Waals surface area (Å²) >= 11 is 0. The topological polar surface area (TPSA) is 73.2 Å². The molecule has 0 aliphatic carbocycles. The van der Waals surface area contributed by atoms with E-state index in [-0.39, 0.29) is 6.54 Å². The molecule has 0 spiro atoms. The molecule has 1 aliphatic rings. The number of carbonyl (C=O) groups excluding carboxylic acids is 2. The minimum absolute atomic E-state index is 0.0179. The molecule has 3 amide bonds. The zero-order valence-electron chi connectivity index (χ0n) is 12.9. The monoisotopic (exact) mass is 323 g/mol. The lowest BCUT2D eigenvalue weighted by Crippen LogP contribution is -2.40. The molecule has 24 heavy (non-hydrogen) atoms. The Morgan fingerprint density at radius 1 is 1.21 bits per heavy atom. The quantitative estimate of drug-likeness (QED) is 0.883. The van der Waals surface area contributed by atoms with Crippen LogP contribution in [0.5, 0.6) is 0 Å². The molecule has 6 heteroatoms. The second kappa shape index (κ2) is 5.78. The lowest BCUT2D eigenvalue weighted by Gasteiger charge is -2.22. The summed E-state index contributed by atoms with van der Waals surface area (Å²) in [5, 5.41) is 11.7. The second-order valence-electron chi connectivity index (χ2n) is 5.77. The van der Waals surface area contributed by atoms with Crippen LogP contribution in [-0.2, 0) is 16.9 Å². The minimum Gasteiger partial charge on any atom is -0.319 e. The van der Waals surface area contributed by atoms with E-state index in [9.17, 15) is 14.0 Å². The highest BCUT2D eigenvalue weighted by Crippen LogP contribution is 2.30. The smallest absolute Gasteiger partial charge is 0.319 e. The fraction of sp³-hybridized carbons (Fsp3) is 0.167. The van der Waals surface area contributed by atoms with Crippen LogP contribution in [0.15, 0.2) is 48.5 Å². The number of imide groups is 1. The Morgan fingerprint density at radius 2 is 1.96 bits per heavy atom. The van der Waals surface area contributed by atoms with E-state index in [1.165, 1.54) is 18.2 Å². The molecule has 1 atom stereocenters. The van der Waals surface area contributed by atoms with Crippen LogP contribution >= 0.6 is 0 Å². The van der Waals surface area contributed by atoms with Crippen molar-refractivity contribution in [2.24, 2.45) is 0 Å². The zero-order valence-corrected chi connectivity index (χ0v) is 12.9. The molecule has 0 aromatic heterocycles. The van der Waals surface area contributed by atoms with Gasteiger partial charge in [0.15, 0.2) is 0 Å². The van der Waals surface area contributed by atoms with Crippen molar-refractivity contribution in [3.63, 3.8) is 0 Å². The molecule has 3 rings (SSSR count). The van der Waals surface area contributed by atoms with Crippen molar-refractivity contribution < 1.29 is 14.0 Å². The van der Waals surface area contributed by atoms with Gasteiger partial charge in [0.05, 0.1) is 18.2 Å². The summed E-state index contributed by atoms with van der Waals surface area (Å²) in [5.41, 5.74) is 0.201. The van der Waals surface area contributed by atoms with Crippen molar-refractivity contribution in [1.29, 1.82) is 5.26 Å². The zero-order chi connectivity index (χ0) is 17.3. The Kier molecular flexibility index (Phi) is 3.78. The van der Waals surface area contributed by atoms with E-state index in [1.807, 2.05) is 6.07 Å². The number of urea groups is 1. The number of amides is 3. The van der Waals surface area contributed by atoms with E-state index in [0.717, 1.165) is 4.90 Å². The highest BCUT2D eigenvalue weighted by atomic mass is 19.1. The molecule has 1 aliphatic heterocycles. The van der Waals surface area contributed by atoms with E-state index in [1.54, 1.807) is 37.3 Å². The van der Waals surface area contributed by atoms with Gasteiger partial charge in [0.2, 0.25) is 0 Å². The normalized spacial score (nSPS) is 20.0. The average molecular weight is 323 g/mol. The summed E-state index contributed by atoms with van der Waals surface area (Å²) in [6.07, 6.45) is 0. The predicted octanol–water partition coefficient (Wildman–Crippen LogP) is 2.66. The average Bonchev–Trinajstić information content (AvgIpc) is 2.79. The first-order valence-corrected chi connectivity index (χ1v) is 7.33. The first kappa shape index (κ1) is 15.7. The van der Waals surface area contributed by atoms with Gasteiger partial charge < -0.3 is 5.32 Å². The summed E-state index contributed by atoms with van der Waals surface area (Å²) in [7, 11) is 0. The van der Waals surface area contributed by atoms with Crippen molar-refractivity contribution in [2.45, 2.75) is 19.0 Å². The van der Waals surface area contributed by atoms with Crippen LogP contribution in [0.25, 0.3) is 0 Å². The van der Waals surface area contributed by atoms with Crippen LogP contribution in [0.2, 0.25) is 0 Å². The van der Waals surface area contributed by atoms with Crippen molar-refractivity contribution in [2.75, 3.05) is 0 Å². The number of hydrogen-bond donors (Lipinski definition) is 1. The van der Waals surface area contributed by atoms with Crippen molar-refractivity contribution in [1.82, 2.24) is 10.2 Å². The van der Waals surface area contributed by atoms with Crippen molar-refractivity contribution in [3.8, 4) is 6.07 Å². The van der Waals surface area contributed by atoms with Crippen LogP contribution in [0.1, 0.15) is 23.6 Å². The third-order valence-corrected chi connectivity index (χ3v) is 4.07. The predicted molar refractivity (Wildman–Crippen MR) is 84.0 cm³/mol. The van der Waals surface area contributed by atoms with Gasteiger partial charge >= 0.3 is 6.03 Å². The van der Waals surface area contributed by atoms with Gasteiger partial charge in [-0.15, -0.1) is 0 Å². The summed E-state index contributed by atoms with van der Waals surface area (Å²) < 4.78 is 13.3. The Hall–Kier alpha value is -3.20. The number of nitrogens with zero attached hydrogens (tertiary/aromatic N) is 2. The first-order chi connectivity index (χ1) is 11.4. The van der Waals surface area contributed by atoms with Gasteiger partial charge in [-0.3, -0.25) is 9.69 Å². The van der Waals surface area contributed by atoms with Gasteiger partial charge in [-0.2, -0.15) is 5.26 Å². The summed E-state index contributed by atoms with van der Waals surface area (Å²) in [5.74, 6) is -0.865. The molecule has 1 fully saturated rings. The number of nitriles is 1. The summed E-state index contributed by atoms with van der Waals surface area (Å²) in [6, 6.07) is 13.8. The SMILES string of the molecule is C[C@]1(c2cccc(C#N)c2)NC(=O)N(Cc2cccc(F)c2)C1=O. The Labute approximate surface area is 138 Å². The molecular weight excluding hydrogens is 309 g/mol. The van der Waals surface area contributed by atoms with E-state index in [0.29, 0.717) is 16.7 Å². The number of nitrogens with one attached hydrogen (secondary N) is 1. The second-order valence-corrected chi connectivity index (χ2v) is 5.77. The molecular formula is C18H14FN3O2. The van der Waals surface area contributed by atoms with E-state index >= 15 is 0 Å². The third kappa shape index (κ3) is 2.61. The lowest BCUT2D eigenvalue weighted by atomic mass is 9.91. The molecule has 1 heterocycles. The summed E-state index contributed by atoms with van der Waals surface area (Å²) in [6.45, 7) is 1.57. The maximum atomic E-state index is 13.3. The molecule has 2 aromatic carbocycles. The minimum atomic E-state index is -1.25. The Bertz CT molecular complexity index is 875.